The molecule has 0 spiro atoms. The second-order valence-corrected chi connectivity index (χ2v) is 4.34. The number of hydrogen-bond donors (Lipinski definition) is 3. The van der Waals surface area contributed by atoms with Crippen molar-refractivity contribution in [1.82, 2.24) is 4.98 Å². The first kappa shape index (κ1) is 14.2. The van der Waals surface area contributed by atoms with Crippen LogP contribution < -0.4 is 11.1 Å². The number of ether oxygens (including phenoxy) is 1. The number of pyridine rings is 1. The van der Waals surface area contributed by atoms with Gasteiger partial charge >= 0.3 is 0 Å². The van der Waals surface area contributed by atoms with Crippen molar-refractivity contribution in [3.8, 4) is 6.07 Å². The van der Waals surface area contributed by atoms with Crippen LogP contribution in [0.15, 0.2) is 12.1 Å². The smallest absolute Gasteiger partial charge is 0.165 e. The number of methoxy groups -OCH3 is 1. The number of hydrogen-bond acceptors (Lipinski definition) is 6. The Morgan fingerprint density at radius 1 is 1.61 bits per heavy atom. The van der Waals surface area contributed by atoms with Crippen molar-refractivity contribution in [2.24, 2.45) is 0 Å². The highest BCUT2D eigenvalue weighted by molar-refractivity contribution is 5.54. The molecule has 0 saturated heterocycles. The van der Waals surface area contributed by atoms with Crippen LogP contribution in [0.5, 0.6) is 0 Å². The van der Waals surface area contributed by atoms with Crippen LogP contribution in [-0.2, 0) is 4.74 Å². The van der Waals surface area contributed by atoms with E-state index in [4.69, 9.17) is 15.7 Å². The van der Waals surface area contributed by atoms with E-state index in [1.54, 1.807) is 26.2 Å². The van der Waals surface area contributed by atoms with Gasteiger partial charge < -0.3 is 20.9 Å². The SMILES string of the molecule is COCCC(C)(O)CNc1ccc(N)c(C#N)n1. The van der Waals surface area contributed by atoms with Crippen molar-refractivity contribution in [3.63, 3.8) is 0 Å². The molecule has 1 rings (SSSR count). The number of nitrogen functional groups attached to an aromatic ring is 1. The van der Waals surface area contributed by atoms with Gasteiger partial charge in [0.05, 0.1) is 11.3 Å². The van der Waals surface area contributed by atoms with Crippen LogP contribution in [0.4, 0.5) is 11.5 Å². The maximum absolute atomic E-state index is 10.0. The lowest BCUT2D eigenvalue weighted by Crippen LogP contribution is -2.34. The number of aliphatic hydroxyl groups is 1. The second kappa shape index (κ2) is 6.19. The molecule has 6 nitrogen and oxygen atoms in total. The highest BCUT2D eigenvalue weighted by Crippen LogP contribution is 2.14. The summed E-state index contributed by atoms with van der Waals surface area (Å²) in [5, 5.41) is 21.8. The summed E-state index contributed by atoms with van der Waals surface area (Å²) in [6, 6.07) is 5.19. The van der Waals surface area contributed by atoms with Crippen molar-refractivity contribution in [3.05, 3.63) is 17.8 Å². The van der Waals surface area contributed by atoms with Crippen LogP contribution in [0, 0.1) is 11.3 Å². The molecule has 6 heteroatoms. The van der Waals surface area contributed by atoms with Gasteiger partial charge in [0, 0.05) is 26.7 Å². The third kappa shape index (κ3) is 4.20. The molecule has 0 radical (unpaired) electrons. The van der Waals surface area contributed by atoms with Gasteiger partial charge in [0.1, 0.15) is 11.9 Å². The van der Waals surface area contributed by atoms with Gasteiger partial charge in [-0.25, -0.2) is 4.98 Å². The monoisotopic (exact) mass is 250 g/mol. The average molecular weight is 250 g/mol. The van der Waals surface area contributed by atoms with Crippen LogP contribution in [0.3, 0.4) is 0 Å². The van der Waals surface area contributed by atoms with Gasteiger partial charge in [0.15, 0.2) is 5.69 Å². The first-order chi connectivity index (χ1) is 8.48. The van der Waals surface area contributed by atoms with E-state index < -0.39 is 5.60 Å². The topological polar surface area (TPSA) is 104 Å². The first-order valence-electron chi connectivity index (χ1n) is 5.60. The highest BCUT2D eigenvalue weighted by Gasteiger charge is 2.19. The van der Waals surface area contributed by atoms with E-state index >= 15 is 0 Å². The fourth-order valence-electron chi connectivity index (χ4n) is 1.35. The number of nitriles is 1. The summed E-state index contributed by atoms with van der Waals surface area (Å²) < 4.78 is 4.92. The summed E-state index contributed by atoms with van der Waals surface area (Å²) in [6.07, 6.45) is 0.510. The lowest BCUT2D eigenvalue weighted by Gasteiger charge is -2.23. The van der Waals surface area contributed by atoms with E-state index in [1.165, 1.54) is 0 Å². The largest absolute Gasteiger partial charge is 0.396 e. The third-order valence-electron chi connectivity index (χ3n) is 2.53. The minimum absolute atomic E-state index is 0.177. The Hall–Kier alpha value is -1.84. The van der Waals surface area contributed by atoms with Crippen molar-refractivity contribution in [1.29, 1.82) is 5.26 Å². The lowest BCUT2D eigenvalue weighted by molar-refractivity contribution is 0.0357. The zero-order valence-corrected chi connectivity index (χ0v) is 10.6. The summed E-state index contributed by atoms with van der Waals surface area (Å²) in [5.41, 5.74) is 5.19. The van der Waals surface area contributed by atoms with E-state index in [0.717, 1.165) is 0 Å². The average Bonchev–Trinajstić information content (AvgIpc) is 2.35. The molecule has 1 aromatic rings. The normalized spacial score (nSPS) is 13.7. The standard InChI is InChI=1S/C12H18N4O2/c1-12(17,5-6-18-2)8-15-11-4-3-9(14)10(7-13)16-11/h3-4,17H,5-6,8,14H2,1-2H3,(H,15,16). The molecular formula is C12H18N4O2. The molecular weight excluding hydrogens is 232 g/mol. The summed E-state index contributed by atoms with van der Waals surface area (Å²) in [7, 11) is 1.59. The third-order valence-corrected chi connectivity index (χ3v) is 2.53. The van der Waals surface area contributed by atoms with Gasteiger partial charge in [-0.3, -0.25) is 0 Å². The van der Waals surface area contributed by atoms with E-state index in [2.05, 4.69) is 10.3 Å². The van der Waals surface area contributed by atoms with E-state index in [1.807, 2.05) is 6.07 Å². The van der Waals surface area contributed by atoms with Crippen LogP contribution in [0.25, 0.3) is 0 Å². The molecule has 1 aromatic heterocycles. The zero-order valence-electron chi connectivity index (χ0n) is 10.6. The molecule has 4 N–H and O–H groups in total. The predicted molar refractivity (Wildman–Crippen MR) is 69.0 cm³/mol. The molecule has 0 aromatic carbocycles. The maximum atomic E-state index is 10.0. The Kier molecular flexibility index (Phi) is 4.89. The van der Waals surface area contributed by atoms with Crippen molar-refractivity contribution in [2.75, 3.05) is 31.3 Å². The van der Waals surface area contributed by atoms with Gasteiger partial charge in [-0.1, -0.05) is 0 Å². The molecule has 0 aliphatic rings. The Morgan fingerprint density at radius 2 is 2.33 bits per heavy atom. The molecule has 0 aliphatic carbocycles. The summed E-state index contributed by atoms with van der Waals surface area (Å²) in [5.74, 6) is 0.512. The lowest BCUT2D eigenvalue weighted by atomic mass is 10.0. The van der Waals surface area contributed by atoms with Gasteiger partial charge in [-0.05, 0) is 19.1 Å². The van der Waals surface area contributed by atoms with Gasteiger partial charge in [-0.15, -0.1) is 0 Å². The van der Waals surface area contributed by atoms with Crippen LogP contribution in [0.1, 0.15) is 19.0 Å². The Morgan fingerprint density at radius 3 is 2.94 bits per heavy atom. The summed E-state index contributed by atoms with van der Waals surface area (Å²) in [6.45, 7) is 2.51. The van der Waals surface area contributed by atoms with Gasteiger partial charge in [-0.2, -0.15) is 5.26 Å². The second-order valence-electron chi connectivity index (χ2n) is 4.34. The molecule has 1 atom stereocenters. The van der Waals surface area contributed by atoms with Crippen molar-refractivity contribution < 1.29 is 9.84 Å². The van der Waals surface area contributed by atoms with Crippen molar-refractivity contribution in [2.45, 2.75) is 18.9 Å². The van der Waals surface area contributed by atoms with E-state index in [-0.39, 0.29) is 5.69 Å². The van der Waals surface area contributed by atoms with Gasteiger partial charge in [0.2, 0.25) is 0 Å². The van der Waals surface area contributed by atoms with Crippen LogP contribution >= 0.6 is 0 Å². The van der Waals surface area contributed by atoms with E-state index in [0.29, 0.717) is 31.1 Å². The number of anilines is 2. The van der Waals surface area contributed by atoms with Crippen LogP contribution in [0.2, 0.25) is 0 Å². The minimum Gasteiger partial charge on any atom is -0.396 e. The first-order valence-corrected chi connectivity index (χ1v) is 5.60. The molecule has 1 heterocycles. The summed E-state index contributed by atoms with van der Waals surface area (Å²) in [4.78, 5) is 4.03. The fraction of sp³-hybridized carbons (Fsp3) is 0.500. The van der Waals surface area contributed by atoms with Crippen LogP contribution in [-0.4, -0.2) is 36.0 Å². The number of nitrogens with zero attached hydrogens (tertiary/aromatic N) is 2. The molecule has 0 fully saturated rings. The van der Waals surface area contributed by atoms with Crippen molar-refractivity contribution >= 4 is 11.5 Å². The molecule has 0 aliphatic heterocycles. The molecule has 0 bridgehead atoms. The molecule has 98 valence electrons. The van der Waals surface area contributed by atoms with E-state index in [9.17, 15) is 5.11 Å². The number of rotatable bonds is 6. The molecule has 0 saturated carbocycles. The highest BCUT2D eigenvalue weighted by atomic mass is 16.5. The zero-order chi connectivity index (χ0) is 13.6. The maximum Gasteiger partial charge on any atom is 0.165 e. The number of nitrogens with two attached hydrogens (primary N) is 1. The fourth-order valence-corrected chi connectivity index (χ4v) is 1.35. The summed E-state index contributed by atoms with van der Waals surface area (Å²) >= 11 is 0. The minimum atomic E-state index is -0.897. The molecule has 0 amide bonds. The molecule has 1 unspecified atom stereocenters. The number of nitrogens with one attached hydrogen (secondary N) is 1. The number of aromatic nitrogens is 1. The predicted octanol–water partition coefficient (Wildman–Crippen LogP) is 0.735. The van der Waals surface area contributed by atoms with Gasteiger partial charge in [0.25, 0.3) is 0 Å². The Balaban J connectivity index is 2.61. The quantitative estimate of drug-likeness (QED) is 0.687. The molecule has 18 heavy (non-hydrogen) atoms. The Labute approximate surface area is 106 Å². The Bertz CT molecular complexity index is 440.